The molecule has 0 bridgehead atoms. The number of thiazole rings is 1. The number of aromatic carboxylic acids is 1. The van der Waals surface area contributed by atoms with Gasteiger partial charge in [-0.1, -0.05) is 43.6 Å². The molecule has 0 amide bonds. The van der Waals surface area contributed by atoms with Crippen LogP contribution >= 0.6 is 22.9 Å². The topological polar surface area (TPSA) is 50.2 Å². The molecule has 1 heterocycles. The van der Waals surface area contributed by atoms with Crippen molar-refractivity contribution < 1.29 is 9.90 Å². The minimum Gasteiger partial charge on any atom is -0.477 e. The normalized spacial score (nSPS) is 10.9. The van der Waals surface area contributed by atoms with Gasteiger partial charge in [-0.2, -0.15) is 0 Å². The van der Waals surface area contributed by atoms with Crippen molar-refractivity contribution in [2.45, 2.75) is 20.3 Å². The van der Waals surface area contributed by atoms with Crippen LogP contribution in [0.3, 0.4) is 0 Å². The summed E-state index contributed by atoms with van der Waals surface area (Å²) in [6.45, 7) is 4.08. The summed E-state index contributed by atoms with van der Waals surface area (Å²) in [4.78, 5) is 16.0. The van der Waals surface area contributed by atoms with E-state index in [1.54, 1.807) is 6.07 Å². The number of carbonyl (C=O) groups is 1. The van der Waals surface area contributed by atoms with Gasteiger partial charge in [-0.25, -0.2) is 9.78 Å². The summed E-state index contributed by atoms with van der Waals surface area (Å²) in [7, 11) is 0. The Balaban J connectivity index is 2.49. The van der Waals surface area contributed by atoms with E-state index in [1.165, 1.54) is 11.3 Å². The number of carboxylic acids is 1. The summed E-state index contributed by atoms with van der Waals surface area (Å²) in [6, 6.07) is 7.34. The van der Waals surface area contributed by atoms with Crippen molar-refractivity contribution in [1.82, 2.24) is 4.98 Å². The van der Waals surface area contributed by atoms with E-state index in [2.05, 4.69) is 4.98 Å². The molecule has 2 rings (SSSR count). The van der Waals surface area contributed by atoms with Gasteiger partial charge in [-0.3, -0.25) is 0 Å². The minimum absolute atomic E-state index is 0.309. The first-order valence-corrected chi connectivity index (χ1v) is 7.16. The standard InChI is InChI=1S/C14H14ClNO2S/c1-8(2)7-11-12(14(17)18)19-13(16-11)9-5-3-4-6-10(9)15/h3-6,8H,7H2,1-2H3,(H,17,18). The molecule has 0 aliphatic carbocycles. The highest BCUT2D eigenvalue weighted by molar-refractivity contribution is 7.17. The molecule has 5 heteroatoms. The Bertz CT molecular complexity index is 607. The lowest BCUT2D eigenvalue weighted by molar-refractivity contribution is 0.0700. The SMILES string of the molecule is CC(C)Cc1nc(-c2ccccc2Cl)sc1C(=O)O. The molecule has 0 aliphatic rings. The zero-order chi connectivity index (χ0) is 14.0. The predicted octanol–water partition coefficient (Wildman–Crippen LogP) is 4.36. The second-order valence-corrected chi connectivity index (χ2v) is 6.08. The monoisotopic (exact) mass is 295 g/mol. The number of aromatic nitrogens is 1. The number of hydrogen-bond donors (Lipinski definition) is 1. The van der Waals surface area contributed by atoms with E-state index in [0.717, 1.165) is 5.56 Å². The third-order valence-corrected chi connectivity index (χ3v) is 4.05. The number of nitrogens with zero attached hydrogens (tertiary/aromatic N) is 1. The van der Waals surface area contributed by atoms with E-state index in [4.69, 9.17) is 11.6 Å². The molecule has 0 atom stereocenters. The first-order valence-electron chi connectivity index (χ1n) is 5.97. The average Bonchev–Trinajstić information content (AvgIpc) is 2.72. The zero-order valence-corrected chi connectivity index (χ0v) is 12.3. The van der Waals surface area contributed by atoms with Gasteiger partial charge < -0.3 is 5.11 Å². The van der Waals surface area contributed by atoms with E-state index in [0.29, 0.717) is 32.9 Å². The van der Waals surface area contributed by atoms with Crippen LogP contribution in [0.5, 0.6) is 0 Å². The first kappa shape index (κ1) is 14.0. The van der Waals surface area contributed by atoms with Crippen LogP contribution in [0.15, 0.2) is 24.3 Å². The molecule has 0 saturated heterocycles. The number of rotatable bonds is 4. The number of halogens is 1. The predicted molar refractivity (Wildman–Crippen MR) is 78.1 cm³/mol. The Morgan fingerprint density at radius 2 is 2.11 bits per heavy atom. The molecule has 0 fully saturated rings. The van der Waals surface area contributed by atoms with Gasteiger partial charge in [0.1, 0.15) is 9.88 Å². The van der Waals surface area contributed by atoms with Crippen LogP contribution in [0.2, 0.25) is 5.02 Å². The number of hydrogen-bond acceptors (Lipinski definition) is 3. The molecule has 3 nitrogen and oxygen atoms in total. The van der Waals surface area contributed by atoms with Crippen LogP contribution in [0.1, 0.15) is 29.2 Å². The fraction of sp³-hybridized carbons (Fsp3) is 0.286. The Morgan fingerprint density at radius 1 is 1.42 bits per heavy atom. The van der Waals surface area contributed by atoms with Gasteiger partial charge in [0, 0.05) is 5.56 Å². The van der Waals surface area contributed by atoms with Gasteiger partial charge in [0.25, 0.3) is 0 Å². The molecule has 100 valence electrons. The fourth-order valence-electron chi connectivity index (χ4n) is 1.79. The van der Waals surface area contributed by atoms with Crippen molar-refractivity contribution in [3.05, 3.63) is 39.9 Å². The molecule has 1 aromatic heterocycles. The maximum atomic E-state index is 11.3. The lowest BCUT2D eigenvalue weighted by atomic mass is 10.1. The van der Waals surface area contributed by atoms with Crippen molar-refractivity contribution in [2.75, 3.05) is 0 Å². The third-order valence-electron chi connectivity index (χ3n) is 2.60. The molecule has 0 radical (unpaired) electrons. The summed E-state index contributed by atoms with van der Waals surface area (Å²) in [5.74, 6) is -0.564. The van der Waals surface area contributed by atoms with E-state index in [9.17, 15) is 9.90 Å². The molecule has 19 heavy (non-hydrogen) atoms. The maximum absolute atomic E-state index is 11.3. The molecule has 0 saturated carbocycles. The van der Waals surface area contributed by atoms with E-state index in [1.807, 2.05) is 32.0 Å². The van der Waals surface area contributed by atoms with Crippen LogP contribution in [-0.2, 0) is 6.42 Å². The van der Waals surface area contributed by atoms with Gasteiger partial charge in [-0.15, -0.1) is 11.3 Å². The summed E-state index contributed by atoms with van der Waals surface area (Å²) in [5, 5.41) is 10.5. The molecular weight excluding hydrogens is 282 g/mol. The summed E-state index contributed by atoms with van der Waals surface area (Å²) < 4.78 is 0. The molecule has 0 spiro atoms. The Morgan fingerprint density at radius 3 is 2.68 bits per heavy atom. The third kappa shape index (κ3) is 3.14. The smallest absolute Gasteiger partial charge is 0.347 e. The molecule has 1 aromatic carbocycles. The van der Waals surface area contributed by atoms with Crippen molar-refractivity contribution in [3.8, 4) is 10.6 Å². The second-order valence-electron chi connectivity index (χ2n) is 4.68. The zero-order valence-electron chi connectivity index (χ0n) is 10.7. The highest BCUT2D eigenvalue weighted by Crippen LogP contribution is 2.33. The Labute approximate surface area is 120 Å². The van der Waals surface area contributed by atoms with Crippen molar-refractivity contribution in [3.63, 3.8) is 0 Å². The largest absolute Gasteiger partial charge is 0.477 e. The van der Waals surface area contributed by atoms with E-state index in [-0.39, 0.29) is 0 Å². The summed E-state index contributed by atoms with van der Waals surface area (Å²) in [6.07, 6.45) is 0.655. The molecular formula is C14H14ClNO2S. The van der Waals surface area contributed by atoms with Crippen molar-refractivity contribution in [2.24, 2.45) is 5.92 Å². The molecule has 0 unspecified atom stereocenters. The van der Waals surface area contributed by atoms with Gasteiger partial charge in [0.05, 0.1) is 10.7 Å². The molecule has 2 aromatic rings. The van der Waals surface area contributed by atoms with Gasteiger partial charge in [0.15, 0.2) is 0 Å². The minimum atomic E-state index is -0.925. The number of benzene rings is 1. The molecule has 0 aliphatic heterocycles. The Kier molecular flexibility index (Phi) is 4.22. The Hall–Kier alpha value is -1.39. The highest BCUT2D eigenvalue weighted by atomic mass is 35.5. The summed E-state index contributed by atoms with van der Waals surface area (Å²) in [5.41, 5.74) is 1.43. The van der Waals surface area contributed by atoms with Crippen LogP contribution in [0.25, 0.3) is 10.6 Å². The maximum Gasteiger partial charge on any atom is 0.347 e. The van der Waals surface area contributed by atoms with Crippen LogP contribution in [0.4, 0.5) is 0 Å². The lowest BCUT2D eigenvalue weighted by Gasteiger charge is -2.01. The fourth-order valence-corrected chi connectivity index (χ4v) is 3.05. The summed E-state index contributed by atoms with van der Waals surface area (Å²) >= 11 is 7.31. The molecule has 1 N–H and O–H groups in total. The van der Waals surface area contributed by atoms with Crippen molar-refractivity contribution >= 4 is 28.9 Å². The van der Waals surface area contributed by atoms with Crippen LogP contribution in [-0.4, -0.2) is 16.1 Å². The van der Waals surface area contributed by atoms with Crippen LogP contribution in [0, 0.1) is 5.92 Å². The second kappa shape index (κ2) is 5.72. The van der Waals surface area contributed by atoms with Gasteiger partial charge in [0.2, 0.25) is 0 Å². The van der Waals surface area contributed by atoms with Crippen LogP contribution < -0.4 is 0 Å². The first-order chi connectivity index (χ1) is 8.99. The van der Waals surface area contributed by atoms with E-state index >= 15 is 0 Å². The van der Waals surface area contributed by atoms with Crippen molar-refractivity contribution in [1.29, 1.82) is 0 Å². The van der Waals surface area contributed by atoms with Gasteiger partial charge >= 0.3 is 5.97 Å². The number of carboxylic acid groups (broad SMARTS) is 1. The average molecular weight is 296 g/mol. The van der Waals surface area contributed by atoms with Gasteiger partial charge in [-0.05, 0) is 18.4 Å². The quantitative estimate of drug-likeness (QED) is 0.911. The highest BCUT2D eigenvalue weighted by Gasteiger charge is 2.19. The lowest BCUT2D eigenvalue weighted by Crippen LogP contribution is -2.02. The van der Waals surface area contributed by atoms with E-state index < -0.39 is 5.97 Å².